The summed E-state index contributed by atoms with van der Waals surface area (Å²) in [7, 11) is 0.390. The van der Waals surface area contributed by atoms with Crippen LogP contribution in [0.25, 0.3) is 0 Å². The van der Waals surface area contributed by atoms with Crippen molar-refractivity contribution in [1.29, 1.82) is 0 Å². The van der Waals surface area contributed by atoms with Crippen molar-refractivity contribution in [2.24, 2.45) is 0 Å². The van der Waals surface area contributed by atoms with Gasteiger partial charge in [-0.3, -0.25) is 0 Å². The van der Waals surface area contributed by atoms with Crippen LogP contribution >= 0.6 is 12.4 Å². The molecular formula is C22H31ClN2O4S. The van der Waals surface area contributed by atoms with E-state index in [-0.39, 0.29) is 23.4 Å². The second-order valence-corrected chi connectivity index (χ2v) is 8.95. The first kappa shape index (κ1) is 26.1. The third-order valence-electron chi connectivity index (χ3n) is 4.69. The highest BCUT2D eigenvalue weighted by Crippen LogP contribution is 2.24. The van der Waals surface area contributed by atoms with Gasteiger partial charge >= 0.3 is 5.97 Å². The summed E-state index contributed by atoms with van der Waals surface area (Å²) in [6, 6.07) is 15.6. The van der Waals surface area contributed by atoms with E-state index in [4.69, 9.17) is 4.74 Å². The minimum atomic E-state index is -3.55. The summed E-state index contributed by atoms with van der Waals surface area (Å²) in [5.74, 6) is -0.468. The third-order valence-corrected chi connectivity index (χ3v) is 6.76. The molecule has 0 aliphatic rings. The van der Waals surface area contributed by atoms with E-state index in [1.54, 1.807) is 13.8 Å². The molecule has 1 atom stereocenters. The molecule has 2 aromatic carbocycles. The maximum absolute atomic E-state index is 12.7. The molecule has 0 aliphatic heterocycles. The van der Waals surface area contributed by atoms with Crippen LogP contribution in [-0.4, -0.2) is 57.3 Å². The Kier molecular flexibility index (Phi) is 10.5. The van der Waals surface area contributed by atoms with Gasteiger partial charge in [-0.25, -0.2) is 13.2 Å². The standard InChI is InChI=1S/C22H30N2O4S.ClH/c1-5-24(6-2)29(26,27)20-14-12-19(13-15-20)22(25)28-21(16-17-23(3)4)18-10-8-7-9-11-18;/h7-15,21H,5-6,16-17H2,1-4H3;1H. The van der Waals surface area contributed by atoms with Crippen LogP contribution in [0.5, 0.6) is 0 Å². The van der Waals surface area contributed by atoms with Gasteiger partial charge in [0.1, 0.15) is 6.10 Å². The molecule has 1 unspecified atom stereocenters. The molecule has 0 spiro atoms. The van der Waals surface area contributed by atoms with Crippen molar-refractivity contribution in [3.63, 3.8) is 0 Å². The highest BCUT2D eigenvalue weighted by Gasteiger charge is 2.23. The predicted molar refractivity (Wildman–Crippen MR) is 122 cm³/mol. The molecule has 0 amide bonds. The Hall–Kier alpha value is -1.93. The molecule has 0 saturated carbocycles. The van der Waals surface area contributed by atoms with E-state index in [2.05, 4.69) is 0 Å². The van der Waals surface area contributed by atoms with Gasteiger partial charge < -0.3 is 9.64 Å². The Morgan fingerprint density at radius 3 is 2.03 bits per heavy atom. The van der Waals surface area contributed by atoms with Gasteiger partial charge in [-0.05, 0) is 43.9 Å². The summed E-state index contributed by atoms with van der Waals surface area (Å²) in [6.45, 7) is 5.16. The molecule has 0 N–H and O–H groups in total. The van der Waals surface area contributed by atoms with Crippen LogP contribution in [-0.2, 0) is 14.8 Å². The van der Waals surface area contributed by atoms with E-state index in [1.165, 1.54) is 28.6 Å². The highest BCUT2D eigenvalue weighted by molar-refractivity contribution is 7.89. The van der Waals surface area contributed by atoms with Crippen LogP contribution in [0.1, 0.15) is 42.3 Å². The first-order chi connectivity index (χ1) is 13.8. The SMILES string of the molecule is CCN(CC)S(=O)(=O)c1ccc(C(=O)OC(CCN(C)C)c2ccccc2)cc1.Cl. The molecule has 2 rings (SSSR count). The quantitative estimate of drug-likeness (QED) is 0.508. The molecule has 0 aliphatic carbocycles. The Bertz CT molecular complexity index is 883. The van der Waals surface area contributed by atoms with Crippen LogP contribution < -0.4 is 0 Å². The normalized spacial score (nSPS) is 12.5. The molecule has 0 saturated heterocycles. The number of carbonyl (C=O) groups excluding carboxylic acids is 1. The fraction of sp³-hybridized carbons (Fsp3) is 0.409. The summed E-state index contributed by atoms with van der Waals surface area (Å²) in [4.78, 5) is 14.9. The van der Waals surface area contributed by atoms with Gasteiger partial charge in [0.15, 0.2) is 0 Å². The number of sulfonamides is 1. The number of halogens is 1. The van der Waals surface area contributed by atoms with Crippen molar-refractivity contribution in [2.45, 2.75) is 31.3 Å². The summed E-state index contributed by atoms with van der Waals surface area (Å²) in [5, 5.41) is 0. The molecule has 0 aromatic heterocycles. The fourth-order valence-corrected chi connectivity index (χ4v) is 4.47. The lowest BCUT2D eigenvalue weighted by Gasteiger charge is -2.21. The average molecular weight is 455 g/mol. The van der Waals surface area contributed by atoms with E-state index in [0.29, 0.717) is 25.1 Å². The zero-order chi connectivity index (χ0) is 21.4. The van der Waals surface area contributed by atoms with Gasteiger partial charge in [0.2, 0.25) is 10.0 Å². The molecule has 0 heterocycles. The number of hydrogen-bond acceptors (Lipinski definition) is 5. The lowest BCUT2D eigenvalue weighted by atomic mass is 10.1. The fourth-order valence-electron chi connectivity index (χ4n) is 3.01. The van der Waals surface area contributed by atoms with Crippen LogP contribution in [0.15, 0.2) is 59.5 Å². The van der Waals surface area contributed by atoms with Gasteiger partial charge in [-0.1, -0.05) is 44.2 Å². The monoisotopic (exact) mass is 454 g/mol. The lowest BCUT2D eigenvalue weighted by molar-refractivity contribution is 0.0261. The first-order valence-electron chi connectivity index (χ1n) is 9.80. The van der Waals surface area contributed by atoms with Crippen molar-refractivity contribution in [3.05, 3.63) is 65.7 Å². The predicted octanol–water partition coefficient (Wildman–Crippen LogP) is 3.99. The van der Waals surface area contributed by atoms with Gasteiger partial charge in [0, 0.05) is 26.1 Å². The first-order valence-corrected chi connectivity index (χ1v) is 11.2. The number of ether oxygens (including phenoxy) is 1. The maximum Gasteiger partial charge on any atom is 0.338 e. The van der Waals surface area contributed by atoms with Crippen LogP contribution in [0.3, 0.4) is 0 Å². The van der Waals surface area contributed by atoms with E-state index in [0.717, 1.165) is 12.1 Å². The number of carbonyl (C=O) groups is 1. The van der Waals surface area contributed by atoms with Gasteiger partial charge in [0.25, 0.3) is 0 Å². The molecule has 2 aromatic rings. The van der Waals surface area contributed by atoms with Crippen molar-refractivity contribution >= 4 is 28.4 Å². The summed E-state index contributed by atoms with van der Waals surface area (Å²) < 4.78 is 32.3. The molecule has 0 radical (unpaired) electrons. The molecule has 0 bridgehead atoms. The number of hydrogen-bond donors (Lipinski definition) is 0. The molecular weight excluding hydrogens is 424 g/mol. The van der Waals surface area contributed by atoms with E-state index in [1.807, 2.05) is 49.3 Å². The van der Waals surface area contributed by atoms with Gasteiger partial charge in [-0.15, -0.1) is 12.4 Å². The second-order valence-electron chi connectivity index (χ2n) is 7.01. The Labute approximate surface area is 186 Å². The van der Waals surface area contributed by atoms with Crippen LogP contribution in [0.2, 0.25) is 0 Å². The Balaban J connectivity index is 0.00000450. The molecule has 30 heavy (non-hydrogen) atoms. The van der Waals surface area contributed by atoms with E-state index in [9.17, 15) is 13.2 Å². The minimum absolute atomic E-state index is 0. The molecule has 166 valence electrons. The number of esters is 1. The van der Waals surface area contributed by atoms with E-state index < -0.39 is 16.0 Å². The smallest absolute Gasteiger partial charge is 0.338 e. The number of rotatable bonds is 10. The number of nitrogens with zero attached hydrogens (tertiary/aromatic N) is 2. The zero-order valence-corrected chi connectivity index (χ0v) is 19.6. The summed E-state index contributed by atoms with van der Waals surface area (Å²) in [6.07, 6.45) is 0.294. The Morgan fingerprint density at radius 1 is 0.967 bits per heavy atom. The second kappa shape index (κ2) is 12.1. The highest BCUT2D eigenvalue weighted by atomic mass is 35.5. The van der Waals surface area contributed by atoms with Gasteiger partial charge in [-0.2, -0.15) is 4.31 Å². The Morgan fingerprint density at radius 2 is 1.53 bits per heavy atom. The molecule has 8 heteroatoms. The van der Waals surface area contributed by atoms with Crippen LogP contribution in [0, 0.1) is 0 Å². The van der Waals surface area contributed by atoms with Crippen molar-refractivity contribution in [1.82, 2.24) is 9.21 Å². The average Bonchev–Trinajstić information content (AvgIpc) is 2.72. The summed E-state index contributed by atoms with van der Waals surface area (Å²) in [5.41, 5.74) is 1.26. The third kappa shape index (κ3) is 6.80. The van der Waals surface area contributed by atoms with E-state index >= 15 is 0 Å². The molecule has 0 fully saturated rings. The largest absolute Gasteiger partial charge is 0.454 e. The van der Waals surface area contributed by atoms with Crippen molar-refractivity contribution in [3.8, 4) is 0 Å². The minimum Gasteiger partial charge on any atom is -0.454 e. The zero-order valence-electron chi connectivity index (χ0n) is 17.9. The lowest BCUT2D eigenvalue weighted by Crippen LogP contribution is -2.30. The number of benzene rings is 2. The topological polar surface area (TPSA) is 66.9 Å². The molecule has 6 nitrogen and oxygen atoms in total. The van der Waals surface area contributed by atoms with Crippen LogP contribution in [0.4, 0.5) is 0 Å². The maximum atomic E-state index is 12.7. The summed E-state index contributed by atoms with van der Waals surface area (Å²) >= 11 is 0. The van der Waals surface area contributed by atoms with Crippen molar-refractivity contribution < 1.29 is 17.9 Å². The van der Waals surface area contributed by atoms with Gasteiger partial charge in [0.05, 0.1) is 10.5 Å². The van der Waals surface area contributed by atoms with Crippen molar-refractivity contribution in [2.75, 3.05) is 33.7 Å².